The lowest BCUT2D eigenvalue weighted by Crippen LogP contribution is -2.51. The number of guanidine groups is 1. The summed E-state index contributed by atoms with van der Waals surface area (Å²) < 4.78 is 0. The predicted molar refractivity (Wildman–Crippen MR) is 119 cm³/mol. The summed E-state index contributed by atoms with van der Waals surface area (Å²) in [5.74, 6) is 1.21. The molecule has 2 N–H and O–H groups in total. The number of thiazole rings is 1. The van der Waals surface area contributed by atoms with E-state index < -0.39 is 0 Å². The summed E-state index contributed by atoms with van der Waals surface area (Å²) in [6, 6.07) is 6.11. The summed E-state index contributed by atoms with van der Waals surface area (Å²) in [7, 11) is 0. The van der Waals surface area contributed by atoms with Crippen molar-refractivity contribution in [3.8, 4) is 0 Å². The van der Waals surface area contributed by atoms with Crippen LogP contribution in [-0.4, -0.2) is 61.7 Å². The Morgan fingerprint density at radius 3 is 2.82 bits per heavy atom. The Morgan fingerprint density at radius 2 is 2.07 bits per heavy atom. The minimum atomic E-state index is 0.536. The van der Waals surface area contributed by atoms with Gasteiger partial charge in [-0.1, -0.05) is 17.7 Å². The molecule has 2 aliphatic heterocycles. The Bertz CT molecular complexity index is 816. The fraction of sp³-hybridized carbons (Fsp3) is 0.500. The van der Waals surface area contributed by atoms with E-state index in [2.05, 4.69) is 38.7 Å². The van der Waals surface area contributed by atoms with Crippen LogP contribution in [0.25, 0.3) is 0 Å². The van der Waals surface area contributed by atoms with Crippen molar-refractivity contribution in [1.29, 1.82) is 0 Å². The molecule has 2 saturated heterocycles. The zero-order valence-corrected chi connectivity index (χ0v) is 17.8. The van der Waals surface area contributed by atoms with Crippen molar-refractivity contribution in [3.63, 3.8) is 0 Å². The Kier molecular flexibility index (Phi) is 5.92. The normalized spacial score (nSPS) is 20.9. The van der Waals surface area contributed by atoms with Crippen LogP contribution in [0.4, 0.5) is 10.8 Å². The van der Waals surface area contributed by atoms with E-state index in [1.54, 1.807) is 11.3 Å². The van der Waals surface area contributed by atoms with Gasteiger partial charge in [-0.15, -0.1) is 11.3 Å². The quantitative estimate of drug-likeness (QED) is 0.610. The highest BCUT2D eigenvalue weighted by Gasteiger charge is 2.24. The largest absolute Gasteiger partial charge is 0.371 e. The van der Waals surface area contributed by atoms with Crippen molar-refractivity contribution in [2.45, 2.75) is 13.3 Å². The standard InChI is InChI=1S/C20H27ClN6S/c1-15-2-3-17(21)12-18(15)27-6-4-16(14-27)13-24-19(22)25-7-9-26(10-8-25)20-23-5-11-28-20/h2-3,5,11-12,16H,4,6-10,13-14H2,1H3,(H2,22,24). The van der Waals surface area contributed by atoms with Crippen LogP contribution < -0.4 is 15.5 Å². The lowest BCUT2D eigenvalue weighted by atomic mass is 10.1. The predicted octanol–water partition coefficient (Wildman–Crippen LogP) is 3.07. The molecule has 1 atom stereocenters. The van der Waals surface area contributed by atoms with Crippen molar-refractivity contribution in [2.24, 2.45) is 16.6 Å². The van der Waals surface area contributed by atoms with Crippen LogP contribution in [0.2, 0.25) is 5.02 Å². The number of nitrogens with two attached hydrogens (primary N) is 1. The minimum Gasteiger partial charge on any atom is -0.371 e. The average molecular weight is 419 g/mol. The highest BCUT2D eigenvalue weighted by molar-refractivity contribution is 7.13. The molecule has 2 fully saturated rings. The number of aliphatic imine (C=N–C) groups is 1. The second-order valence-electron chi connectivity index (χ2n) is 7.52. The van der Waals surface area contributed by atoms with E-state index >= 15 is 0 Å². The van der Waals surface area contributed by atoms with Gasteiger partial charge in [-0.05, 0) is 37.0 Å². The number of benzene rings is 1. The van der Waals surface area contributed by atoms with Crippen molar-refractivity contribution in [1.82, 2.24) is 9.88 Å². The third-order valence-electron chi connectivity index (χ3n) is 5.60. The first-order valence-corrected chi connectivity index (χ1v) is 11.1. The van der Waals surface area contributed by atoms with E-state index in [-0.39, 0.29) is 0 Å². The maximum absolute atomic E-state index is 6.29. The van der Waals surface area contributed by atoms with Crippen LogP contribution >= 0.6 is 22.9 Å². The van der Waals surface area contributed by atoms with Crippen LogP contribution in [0.3, 0.4) is 0 Å². The summed E-state index contributed by atoms with van der Waals surface area (Å²) >= 11 is 7.87. The molecule has 0 aliphatic carbocycles. The van der Waals surface area contributed by atoms with E-state index in [4.69, 9.17) is 22.3 Å². The molecule has 0 amide bonds. The molecule has 4 rings (SSSR count). The SMILES string of the molecule is Cc1ccc(Cl)cc1N1CCC(CN=C(N)N2CCN(c3nccs3)CC2)C1. The molecular formula is C20H27ClN6S. The molecule has 1 aromatic heterocycles. The number of aryl methyl sites for hydroxylation is 1. The number of hydrogen-bond acceptors (Lipinski definition) is 5. The van der Waals surface area contributed by atoms with E-state index in [1.165, 1.54) is 11.3 Å². The van der Waals surface area contributed by atoms with E-state index in [1.807, 2.05) is 17.6 Å². The van der Waals surface area contributed by atoms with Crippen molar-refractivity contribution >= 4 is 39.7 Å². The second-order valence-corrected chi connectivity index (χ2v) is 8.83. The lowest BCUT2D eigenvalue weighted by molar-refractivity contribution is 0.379. The smallest absolute Gasteiger partial charge is 0.191 e. The Labute approximate surface area is 175 Å². The van der Waals surface area contributed by atoms with Crippen LogP contribution in [0.15, 0.2) is 34.8 Å². The van der Waals surface area contributed by atoms with E-state index in [0.29, 0.717) is 11.9 Å². The third kappa shape index (κ3) is 4.36. The zero-order valence-electron chi connectivity index (χ0n) is 16.2. The molecular weight excluding hydrogens is 392 g/mol. The lowest BCUT2D eigenvalue weighted by Gasteiger charge is -2.35. The zero-order chi connectivity index (χ0) is 19.5. The van der Waals surface area contributed by atoms with E-state index in [0.717, 1.165) is 62.4 Å². The Hall–Kier alpha value is -1.99. The topological polar surface area (TPSA) is 61.0 Å². The first kappa shape index (κ1) is 19.3. The van der Waals surface area contributed by atoms with Gasteiger partial charge in [0.2, 0.25) is 0 Å². The van der Waals surface area contributed by atoms with Gasteiger partial charge in [0.05, 0.1) is 0 Å². The summed E-state index contributed by atoms with van der Waals surface area (Å²) in [4.78, 5) is 16.0. The number of halogens is 1. The molecule has 0 bridgehead atoms. The summed E-state index contributed by atoms with van der Waals surface area (Å²) in [6.45, 7) is 8.66. The van der Waals surface area contributed by atoms with Crippen LogP contribution in [0.1, 0.15) is 12.0 Å². The van der Waals surface area contributed by atoms with Gasteiger partial charge in [0.25, 0.3) is 0 Å². The van der Waals surface area contributed by atoms with Crippen molar-refractivity contribution in [3.05, 3.63) is 40.4 Å². The van der Waals surface area contributed by atoms with Gasteiger partial charge in [-0.25, -0.2) is 4.98 Å². The molecule has 6 nitrogen and oxygen atoms in total. The molecule has 1 unspecified atom stereocenters. The van der Waals surface area contributed by atoms with Crippen molar-refractivity contribution < 1.29 is 0 Å². The number of hydrogen-bond donors (Lipinski definition) is 1. The monoisotopic (exact) mass is 418 g/mol. The van der Waals surface area contributed by atoms with E-state index in [9.17, 15) is 0 Å². The molecule has 8 heteroatoms. The van der Waals surface area contributed by atoms with Crippen LogP contribution in [-0.2, 0) is 0 Å². The first-order chi connectivity index (χ1) is 13.6. The number of rotatable bonds is 4. The summed E-state index contributed by atoms with van der Waals surface area (Å²) in [5, 5.41) is 3.91. The molecule has 28 heavy (non-hydrogen) atoms. The van der Waals surface area contributed by atoms with Gasteiger partial charge >= 0.3 is 0 Å². The highest BCUT2D eigenvalue weighted by atomic mass is 35.5. The molecule has 0 saturated carbocycles. The number of nitrogens with zero attached hydrogens (tertiary/aromatic N) is 5. The minimum absolute atomic E-state index is 0.536. The van der Waals surface area contributed by atoms with Gasteiger partial charge in [0.1, 0.15) is 0 Å². The number of piperazine rings is 1. The number of anilines is 2. The molecule has 0 radical (unpaired) electrons. The fourth-order valence-corrected chi connectivity index (χ4v) is 4.81. The molecule has 2 aromatic rings. The van der Waals surface area contributed by atoms with Gasteiger partial charge in [-0.2, -0.15) is 0 Å². The number of aromatic nitrogens is 1. The maximum atomic E-state index is 6.29. The average Bonchev–Trinajstić information content (AvgIpc) is 3.40. The fourth-order valence-electron chi connectivity index (χ4n) is 3.95. The van der Waals surface area contributed by atoms with Gasteiger partial charge in [0, 0.05) is 68.1 Å². The molecule has 0 spiro atoms. The van der Waals surface area contributed by atoms with Crippen molar-refractivity contribution in [2.75, 3.05) is 55.6 Å². The van der Waals surface area contributed by atoms with Gasteiger partial charge in [0.15, 0.2) is 11.1 Å². The molecule has 2 aliphatic rings. The highest BCUT2D eigenvalue weighted by Crippen LogP contribution is 2.29. The summed E-state index contributed by atoms with van der Waals surface area (Å²) in [6.07, 6.45) is 3.00. The Morgan fingerprint density at radius 1 is 1.25 bits per heavy atom. The summed E-state index contributed by atoms with van der Waals surface area (Å²) in [5.41, 5.74) is 8.80. The first-order valence-electron chi connectivity index (χ1n) is 9.80. The molecule has 3 heterocycles. The molecule has 150 valence electrons. The Balaban J connectivity index is 1.28. The third-order valence-corrected chi connectivity index (χ3v) is 6.67. The maximum Gasteiger partial charge on any atom is 0.191 e. The van der Waals surface area contributed by atoms with Crippen LogP contribution in [0, 0.1) is 12.8 Å². The van der Waals surface area contributed by atoms with Gasteiger partial charge in [-0.3, -0.25) is 4.99 Å². The van der Waals surface area contributed by atoms with Gasteiger partial charge < -0.3 is 20.4 Å². The molecule has 1 aromatic carbocycles. The second kappa shape index (κ2) is 8.57. The van der Waals surface area contributed by atoms with Crippen LogP contribution in [0.5, 0.6) is 0 Å².